The molecule has 4 nitrogen and oxygen atoms in total. The molecule has 7 heteroatoms. The summed E-state index contributed by atoms with van der Waals surface area (Å²) < 4.78 is 38.5. The quantitative estimate of drug-likeness (QED) is 0.713. The van der Waals surface area contributed by atoms with Crippen LogP contribution in [0.25, 0.3) is 0 Å². The molecule has 2 aromatic carbocycles. The Morgan fingerprint density at radius 3 is 2.34 bits per heavy atom. The van der Waals surface area contributed by atoms with E-state index in [0.29, 0.717) is 17.5 Å². The zero-order valence-corrected chi connectivity index (χ0v) is 16.6. The molecule has 0 aliphatic carbocycles. The van der Waals surface area contributed by atoms with Crippen LogP contribution >= 0.6 is 0 Å². The van der Waals surface area contributed by atoms with Crippen LogP contribution in [0.15, 0.2) is 48.5 Å². The van der Waals surface area contributed by atoms with Crippen LogP contribution in [0.4, 0.5) is 13.2 Å². The summed E-state index contributed by atoms with van der Waals surface area (Å²) in [7, 11) is 0. The maximum absolute atomic E-state index is 12.8. The van der Waals surface area contributed by atoms with Crippen molar-refractivity contribution in [2.45, 2.75) is 46.0 Å². The average molecular weight is 406 g/mol. The summed E-state index contributed by atoms with van der Waals surface area (Å²) in [4.78, 5) is 25.2. The third-order valence-electron chi connectivity index (χ3n) is 4.44. The first-order valence-electron chi connectivity index (χ1n) is 9.38. The van der Waals surface area contributed by atoms with Gasteiger partial charge in [0.25, 0.3) is 5.91 Å². The molecule has 1 atom stereocenters. The second kappa shape index (κ2) is 9.58. The number of alkyl halides is 3. The largest absolute Gasteiger partial charge is 0.416 e. The molecule has 0 fully saturated rings. The molecule has 0 bridgehead atoms. The van der Waals surface area contributed by atoms with Crippen molar-refractivity contribution in [3.8, 4) is 0 Å². The smallest absolute Gasteiger partial charge is 0.350 e. The van der Waals surface area contributed by atoms with E-state index in [9.17, 15) is 22.8 Å². The number of halogens is 3. The van der Waals surface area contributed by atoms with Crippen molar-refractivity contribution in [2.75, 3.05) is 0 Å². The van der Waals surface area contributed by atoms with Gasteiger partial charge >= 0.3 is 6.18 Å². The summed E-state index contributed by atoms with van der Waals surface area (Å²) >= 11 is 0. The molecule has 2 amide bonds. The lowest BCUT2D eigenvalue weighted by molar-refractivity contribution is -0.137. The summed E-state index contributed by atoms with van der Waals surface area (Å²) in [5.74, 6) is -0.655. The topological polar surface area (TPSA) is 58.2 Å². The second-order valence-corrected chi connectivity index (χ2v) is 7.39. The van der Waals surface area contributed by atoms with E-state index in [-0.39, 0.29) is 18.4 Å². The van der Waals surface area contributed by atoms with Crippen LogP contribution in [0.1, 0.15) is 47.3 Å². The predicted molar refractivity (Wildman–Crippen MR) is 105 cm³/mol. The lowest BCUT2D eigenvalue weighted by atomic mass is 10.0. The van der Waals surface area contributed by atoms with E-state index in [0.717, 1.165) is 17.7 Å². The molecule has 29 heavy (non-hydrogen) atoms. The molecular weight excluding hydrogens is 381 g/mol. The highest BCUT2D eigenvalue weighted by molar-refractivity contribution is 5.98. The second-order valence-electron chi connectivity index (χ2n) is 7.39. The number of hydrogen-bond acceptors (Lipinski definition) is 2. The highest BCUT2D eigenvalue weighted by atomic mass is 19.4. The predicted octanol–water partition coefficient (Wildman–Crippen LogP) is 4.47. The first-order chi connectivity index (χ1) is 13.6. The van der Waals surface area contributed by atoms with E-state index in [1.807, 2.05) is 19.9 Å². The first kappa shape index (κ1) is 22.5. The summed E-state index contributed by atoms with van der Waals surface area (Å²) in [6.07, 6.45) is -4.03. The van der Waals surface area contributed by atoms with Crippen LogP contribution in [0.5, 0.6) is 0 Å². The lowest BCUT2D eigenvalue weighted by Gasteiger charge is -2.21. The fourth-order valence-electron chi connectivity index (χ4n) is 2.94. The third-order valence-corrected chi connectivity index (χ3v) is 4.44. The minimum atomic E-state index is -4.44. The zero-order valence-electron chi connectivity index (χ0n) is 16.6. The molecule has 0 aliphatic heterocycles. The maximum Gasteiger partial charge on any atom is 0.416 e. The van der Waals surface area contributed by atoms with Crippen LogP contribution in [0.3, 0.4) is 0 Å². The van der Waals surface area contributed by atoms with Gasteiger partial charge in [0.15, 0.2) is 0 Å². The summed E-state index contributed by atoms with van der Waals surface area (Å²) in [6, 6.07) is 11.1. The number of carbonyl (C=O) groups excluding carboxylic acids is 2. The van der Waals surface area contributed by atoms with Crippen LogP contribution in [-0.4, -0.2) is 17.9 Å². The highest BCUT2D eigenvalue weighted by Gasteiger charge is 2.30. The fraction of sp³-hybridized carbons (Fsp3) is 0.364. The van der Waals surface area contributed by atoms with Gasteiger partial charge in [-0.25, -0.2) is 0 Å². The lowest BCUT2D eigenvalue weighted by Crippen LogP contribution is -2.47. The van der Waals surface area contributed by atoms with Gasteiger partial charge in [0.05, 0.1) is 5.56 Å². The average Bonchev–Trinajstić information content (AvgIpc) is 2.65. The van der Waals surface area contributed by atoms with Gasteiger partial charge in [0.1, 0.15) is 6.04 Å². The SMILES string of the molecule is Cc1ccccc1C(=O)NC(CC(C)C)C(=O)NCc1cccc(C(F)(F)F)c1. The number of carbonyl (C=O) groups is 2. The molecule has 2 aromatic rings. The van der Waals surface area contributed by atoms with Gasteiger partial charge in [-0.3, -0.25) is 9.59 Å². The van der Waals surface area contributed by atoms with E-state index in [1.54, 1.807) is 25.1 Å². The molecule has 156 valence electrons. The van der Waals surface area contributed by atoms with Crippen LogP contribution < -0.4 is 10.6 Å². The Labute approximate surface area is 168 Å². The van der Waals surface area contributed by atoms with E-state index in [4.69, 9.17) is 0 Å². The Kier molecular flexibility index (Phi) is 7.42. The van der Waals surface area contributed by atoms with E-state index in [2.05, 4.69) is 10.6 Å². The molecule has 1 unspecified atom stereocenters. The van der Waals surface area contributed by atoms with Gasteiger partial charge in [0.2, 0.25) is 5.91 Å². The first-order valence-corrected chi connectivity index (χ1v) is 9.38. The molecule has 0 saturated carbocycles. The van der Waals surface area contributed by atoms with Gasteiger partial charge < -0.3 is 10.6 Å². The Balaban J connectivity index is 2.07. The fourth-order valence-corrected chi connectivity index (χ4v) is 2.94. The Morgan fingerprint density at radius 2 is 1.72 bits per heavy atom. The number of amides is 2. The van der Waals surface area contributed by atoms with Crippen LogP contribution in [0, 0.1) is 12.8 Å². The number of hydrogen-bond donors (Lipinski definition) is 2. The molecule has 0 spiro atoms. The normalized spacial score (nSPS) is 12.5. The highest BCUT2D eigenvalue weighted by Crippen LogP contribution is 2.29. The number of benzene rings is 2. The number of nitrogens with one attached hydrogen (secondary N) is 2. The van der Waals surface area contributed by atoms with E-state index in [1.165, 1.54) is 12.1 Å². The van der Waals surface area contributed by atoms with Crippen molar-refractivity contribution in [1.29, 1.82) is 0 Å². The molecule has 0 saturated heterocycles. The van der Waals surface area contributed by atoms with Crippen molar-refractivity contribution in [3.05, 3.63) is 70.8 Å². The van der Waals surface area contributed by atoms with Gasteiger partial charge in [-0.2, -0.15) is 13.2 Å². The van der Waals surface area contributed by atoms with Gasteiger partial charge in [-0.1, -0.05) is 44.2 Å². The summed E-state index contributed by atoms with van der Waals surface area (Å²) in [5.41, 5.74) is 0.835. The number of rotatable bonds is 7. The van der Waals surface area contributed by atoms with Gasteiger partial charge in [0, 0.05) is 12.1 Å². The van der Waals surface area contributed by atoms with Gasteiger partial charge in [-0.05, 0) is 48.6 Å². The van der Waals surface area contributed by atoms with Crippen molar-refractivity contribution in [1.82, 2.24) is 10.6 Å². The Morgan fingerprint density at radius 1 is 1.03 bits per heavy atom. The van der Waals surface area contributed by atoms with Crippen molar-refractivity contribution in [3.63, 3.8) is 0 Å². The molecule has 0 aromatic heterocycles. The van der Waals surface area contributed by atoms with Crippen molar-refractivity contribution in [2.24, 2.45) is 5.92 Å². The number of aryl methyl sites for hydroxylation is 1. The van der Waals surface area contributed by atoms with Crippen molar-refractivity contribution < 1.29 is 22.8 Å². The van der Waals surface area contributed by atoms with Crippen molar-refractivity contribution >= 4 is 11.8 Å². The maximum atomic E-state index is 12.8. The molecular formula is C22H25F3N2O2. The van der Waals surface area contributed by atoms with Crippen LogP contribution in [-0.2, 0) is 17.5 Å². The molecule has 0 heterocycles. The Bertz CT molecular complexity index is 863. The minimum absolute atomic E-state index is 0.0580. The Hall–Kier alpha value is -2.83. The minimum Gasteiger partial charge on any atom is -0.350 e. The molecule has 2 rings (SSSR count). The molecule has 0 aliphatic rings. The molecule has 2 N–H and O–H groups in total. The molecule has 0 radical (unpaired) electrons. The van der Waals surface area contributed by atoms with E-state index >= 15 is 0 Å². The zero-order chi connectivity index (χ0) is 21.6. The van der Waals surface area contributed by atoms with Gasteiger partial charge in [-0.15, -0.1) is 0 Å². The third kappa shape index (κ3) is 6.62. The van der Waals surface area contributed by atoms with E-state index < -0.39 is 23.7 Å². The van der Waals surface area contributed by atoms with Crippen LogP contribution in [0.2, 0.25) is 0 Å². The summed E-state index contributed by atoms with van der Waals surface area (Å²) in [5, 5.41) is 5.38. The summed E-state index contributed by atoms with van der Waals surface area (Å²) in [6.45, 7) is 5.59. The standard InChI is InChI=1S/C22H25F3N2O2/c1-14(2)11-19(27-20(28)18-10-5-4-7-15(18)3)21(29)26-13-16-8-6-9-17(12-16)22(23,24)25/h4-10,12,14,19H,11,13H2,1-3H3,(H,26,29)(H,27,28). The monoisotopic (exact) mass is 406 g/mol.